The Balaban J connectivity index is 0.982. The molecule has 0 radical (unpaired) electrons. The summed E-state index contributed by atoms with van der Waals surface area (Å²) < 4.78 is 7.77. The Morgan fingerprint density at radius 1 is 0.304 bits per heavy atom. The second-order valence-corrected chi connectivity index (χ2v) is 20.9. The molecule has 0 spiro atoms. The lowest BCUT2D eigenvalue weighted by Crippen LogP contribution is -2.09. The minimum Gasteiger partial charge on any atom is -0.310 e. The second kappa shape index (κ2) is 14.6. The fraction of sp³-hybridized carbons (Fsp3) is 0.0312. The summed E-state index contributed by atoms with van der Waals surface area (Å²) in [5, 5.41) is 15.3. The van der Waals surface area contributed by atoms with E-state index in [0.29, 0.717) is 0 Å². The third kappa shape index (κ3) is 5.85. The van der Waals surface area contributed by atoms with Crippen LogP contribution in [0.4, 0.5) is 34.1 Å². The van der Waals surface area contributed by atoms with Crippen molar-refractivity contribution in [2.45, 2.75) is 13.8 Å². The van der Waals surface area contributed by atoms with E-state index < -0.39 is 0 Å². The van der Waals surface area contributed by atoms with Crippen molar-refractivity contribution in [2.75, 3.05) is 9.80 Å². The van der Waals surface area contributed by atoms with Gasteiger partial charge in [-0.15, -0.1) is 22.7 Å². The molecule has 4 heterocycles. The minimum atomic E-state index is 1.12. The molecule has 0 saturated carbocycles. The van der Waals surface area contributed by atoms with Crippen LogP contribution in [0.3, 0.4) is 0 Å². The fourth-order valence-electron chi connectivity index (χ4n) is 11.3. The lowest BCUT2D eigenvalue weighted by molar-refractivity contribution is 1.28. The molecule has 11 aromatic carbocycles. The van der Waals surface area contributed by atoms with Gasteiger partial charge >= 0.3 is 0 Å². The van der Waals surface area contributed by atoms with Gasteiger partial charge in [0.15, 0.2) is 0 Å². The number of fused-ring (bicyclic) bond motifs is 15. The summed E-state index contributed by atoms with van der Waals surface area (Å²) in [5.74, 6) is 0. The average molecular weight is 916 g/mol. The van der Waals surface area contributed by atoms with Crippen molar-refractivity contribution in [2.24, 2.45) is 0 Å². The number of nitrogens with zero attached hydrogens (tertiary/aromatic N) is 3. The van der Waals surface area contributed by atoms with Crippen LogP contribution >= 0.6 is 22.7 Å². The van der Waals surface area contributed by atoms with Crippen LogP contribution < -0.4 is 9.80 Å². The largest absolute Gasteiger partial charge is 0.310 e. The molecule has 0 aliphatic carbocycles. The molecule has 5 heteroatoms. The number of hydrogen-bond acceptors (Lipinski definition) is 4. The molecule has 0 saturated heterocycles. The molecule has 0 fully saturated rings. The number of benzene rings is 11. The van der Waals surface area contributed by atoms with Crippen LogP contribution in [0.25, 0.3) is 100.0 Å². The Morgan fingerprint density at radius 3 is 1.36 bits per heavy atom. The molecule has 0 unspecified atom stereocenters. The van der Waals surface area contributed by atoms with Gasteiger partial charge in [-0.05, 0) is 139 Å². The van der Waals surface area contributed by atoms with Gasteiger partial charge in [0.1, 0.15) is 0 Å². The molecule has 0 aliphatic rings. The third-order valence-electron chi connectivity index (χ3n) is 14.6. The van der Waals surface area contributed by atoms with E-state index in [1.807, 2.05) is 22.7 Å². The monoisotopic (exact) mass is 915 g/mol. The van der Waals surface area contributed by atoms with Crippen LogP contribution in [0.2, 0.25) is 0 Å². The highest BCUT2D eigenvalue weighted by atomic mass is 32.1. The van der Waals surface area contributed by atoms with E-state index in [4.69, 9.17) is 0 Å². The molecule has 15 aromatic rings. The zero-order valence-electron chi connectivity index (χ0n) is 37.9. The third-order valence-corrected chi connectivity index (χ3v) is 16.8. The van der Waals surface area contributed by atoms with Crippen LogP contribution in [0.5, 0.6) is 0 Å². The molecular formula is C64H41N3S2. The molecule has 4 aromatic heterocycles. The van der Waals surface area contributed by atoms with E-state index in [0.717, 1.165) is 34.1 Å². The van der Waals surface area contributed by atoms with Gasteiger partial charge in [-0.1, -0.05) is 120 Å². The van der Waals surface area contributed by atoms with Crippen molar-refractivity contribution in [3.8, 4) is 0 Å². The van der Waals surface area contributed by atoms with Crippen molar-refractivity contribution < 1.29 is 0 Å². The molecule has 3 nitrogen and oxygen atoms in total. The van der Waals surface area contributed by atoms with Crippen LogP contribution in [0.15, 0.2) is 212 Å². The summed E-state index contributed by atoms with van der Waals surface area (Å²) in [4.78, 5) is 4.87. The maximum absolute atomic E-state index is 2.56. The quantitative estimate of drug-likeness (QED) is 0.165. The standard InChI is InChI=1S/C64H41N3S2/c1-38-15-20-43(21-16-38)65(47-26-29-52-50-11-5-7-13-59(50)68-61(52)36-47)45-24-19-42-32-55-49-28-25-46(35-58(49)67-57-33-41-10-4-3-9-40(41)31-56(57)63(64(55)67)54(42)34-45)66(44-22-17-39(2)18-23-44)48-27-30-53-51-12-6-8-14-60(51)69-62(53)37-48/h3-37H,1-2H3. The summed E-state index contributed by atoms with van der Waals surface area (Å²) >= 11 is 3.73. The van der Waals surface area contributed by atoms with Gasteiger partial charge < -0.3 is 14.2 Å². The first-order chi connectivity index (χ1) is 34.0. The van der Waals surface area contributed by atoms with E-state index in [-0.39, 0.29) is 0 Å². The van der Waals surface area contributed by atoms with Gasteiger partial charge in [0.25, 0.3) is 0 Å². The highest BCUT2D eigenvalue weighted by Crippen LogP contribution is 2.49. The zero-order valence-corrected chi connectivity index (χ0v) is 39.5. The number of rotatable bonds is 6. The number of anilines is 6. The number of aryl methyl sites for hydroxylation is 2. The van der Waals surface area contributed by atoms with Crippen molar-refractivity contribution >= 4 is 157 Å². The summed E-state index contributed by atoms with van der Waals surface area (Å²) in [7, 11) is 0. The van der Waals surface area contributed by atoms with Crippen molar-refractivity contribution in [3.63, 3.8) is 0 Å². The fourth-order valence-corrected chi connectivity index (χ4v) is 13.5. The Kier molecular flexibility index (Phi) is 8.24. The zero-order chi connectivity index (χ0) is 45.5. The van der Waals surface area contributed by atoms with Gasteiger partial charge in [0.2, 0.25) is 0 Å². The predicted octanol–water partition coefficient (Wildman–Crippen LogP) is 19.4. The summed E-state index contributed by atoms with van der Waals surface area (Å²) in [6.07, 6.45) is 0. The molecule has 0 amide bonds. The lowest BCUT2D eigenvalue weighted by atomic mass is 9.98. The van der Waals surface area contributed by atoms with E-state index in [2.05, 4.69) is 240 Å². The van der Waals surface area contributed by atoms with Crippen LogP contribution in [0, 0.1) is 13.8 Å². The van der Waals surface area contributed by atoms with Crippen molar-refractivity contribution in [1.82, 2.24) is 4.40 Å². The van der Waals surface area contributed by atoms with Gasteiger partial charge in [-0.25, -0.2) is 0 Å². The van der Waals surface area contributed by atoms with Crippen molar-refractivity contribution in [3.05, 3.63) is 223 Å². The topological polar surface area (TPSA) is 10.9 Å². The van der Waals surface area contributed by atoms with Gasteiger partial charge in [0, 0.05) is 96.0 Å². The minimum absolute atomic E-state index is 1.12. The summed E-state index contributed by atoms with van der Waals surface area (Å²) in [6, 6.07) is 79.7. The summed E-state index contributed by atoms with van der Waals surface area (Å²) in [6.45, 7) is 4.32. The maximum Gasteiger partial charge on any atom is 0.0627 e. The second-order valence-electron chi connectivity index (χ2n) is 18.7. The molecule has 0 N–H and O–H groups in total. The number of hydrogen-bond donors (Lipinski definition) is 0. The molecule has 324 valence electrons. The van der Waals surface area contributed by atoms with E-state index in [1.54, 1.807) is 0 Å². The number of thiophene rings is 2. The molecule has 0 atom stereocenters. The Bertz CT molecular complexity index is 4370. The van der Waals surface area contributed by atoms with Crippen LogP contribution in [-0.2, 0) is 0 Å². The van der Waals surface area contributed by atoms with Crippen LogP contribution in [0.1, 0.15) is 11.1 Å². The first-order valence-electron chi connectivity index (χ1n) is 23.6. The molecule has 0 aliphatic heterocycles. The molecule has 0 bridgehead atoms. The van der Waals surface area contributed by atoms with Gasteiger partial charge in [0.05, 0.1) is 16.6 Å². The normalized spacial score (nSPS) is 12.2. The van der Waals surface area contributed by atoms with E-state index >= 15 is 0 Å². The first-order valence-corrected chi connectivity index (χ1v) is 25.3. The van der Waals surface area contributed by atoms with Crippen LogP contribution in [-0.4, -0.2) is 4.40 Å². The SMILES string of the molecule is Cc1ccc(N(c2ccc3c(c2)sc2ccccc23)c2ccc3cc4c5ccc(N(c6ccc(C)cc6)c6ccc7c(c6)sc6ccccc67)cc5n5c6cc7ccccc7cc6c(c3c2)c45)cc1. The first kappa shape index (κ1) is 38.8. The predicted molar refractivity (Wildman–Crippen MR) is 301 cm³/mol. The maximum atomic E-state index is 2.56. The molecule has 69 heavy (non-hydrogen) atoms. The van der Waals surface area contributed by atoms with E-state index in [9.17, 15) is 0 Å². The highest BCUT2D eigenvalue weighted by molar-refractivity contribution is 7.26. The highest BCUT2D eigenvalue weighted by Gasteiger charge is 2.24. The Labute approximate surface area is 405 Å². The average Bonchev–Trinajstić information content (AvgIpc) is 4.13. The molecular weight excluding hydrogens is 875 g/mol. The van der Waals surface area contributed by atoms with E-state index in [1.165, 1.54) is 111 Å². The smallest absolute Gasteiger partial charge is 0.0627 e. The Hall–Kier alpha value is -8.22. The van der Waals surface area contributed by atoms with Crippen molar-refractivity contribution in [1.29, 1.82) is 0 Å². The van der Waals surface area contributed by atoms with Gasteiger partial charge in [-0.2, -0.15) is 0 Å². The van der Waals surface area contributed by atoms with Gasteiger partial charge in [-0.3, -0.25) is 0 Å². The Morgan fingerprint density at radius 2 is 0.754 bits per heavy atom. The molecule has 15 rings (SSSR count). The summed E-state index contributed by atoms with van der Waals surface area (Å²) in [5.41, 5.74) is 13.0. The lowest BCUT2D eigenvalue weighted by Gasteiger charge is -2.26. The number of aromatic nitrogens is 1.